The summed E-state index contributed by atoms with van der Waals surface area (Å²) >= 11 is 1.92. The average molecular weight is 259 g/mol. The zero-order valence-corrected chi connectivity index (χ0v) is 12.2. The van der Waals surface area contributed by atoms with E-state index in [1.54, 1.807) is 0 Å². The monoisotopic (exact) mass is 259 g/mol. The minimum Gasteiger partial charge on any atom is -0.312 e. The van der Waals surface area contributed by atoms with Crippen LogP contribution in [0.15, 0.2) is 36.4 Å². The molecule has 2 aromatic rings. The maximum Gasteiger partial charge on any atom is 0.0415 e. The van der Waals surface area contributed by atoms with Gasteiger partial charge in [-0.25, -0.2) is 0 Å². The minimum atomic E-state index is 0.475. The van der Waals surface area contributed by atoms with Crippen LogP contribution in [0.25, 0.3) is 0 Å². The first-order valence-corrected chi connectivity index (χ1v) is 7.30. The van der Waals surface area contributed by atoms with E-state index in [1.165, 1.54) is 20.9 Å². The van der Waals surface area contributed by atoms with Gasteiger partial charge in [-0.1, -0.05) is 30.3 Å². The highest BCUT2D eigenvalue weighted by atomic mass is 32.1. The topological polar surface area (TPSA) is 12.0 Å². The lowest BCUT2D eigenvalue weighted by Crippen LogP contribution is -2.15. The van der Waals surface area contributed by atoms with E-state index in [0.717, 1.165) is 12.8 Å². The summed E-state index contributed by atoms with van der Waals surface area (Å²) in [5, 5.41) is 3.44. The van der Waals surface area contributed by atoms with Gasteiger partial charge in [0.1, 0.15) is 0 Å². The first kappa shape index (κ1) is 13.3. The molecule has 0 fully saturated rings. The second kappa shape index (κ2) is 6.17. The molecule has 0 radical (unpaired) electrons. The molecule has 96 valence electrons. The predicted octanol–water partition coefficient (Wildman–Crippen LogP) is 4.26. The Kier molecular flexibility index (Phi) is 4.56. The molecular weight excluding hydrogens is 238 g/mol. The zero-order chi connectivity index (χ0) is 13.0. The van der Waals surface area contributed by atoms with Gasteiger partial charge in [0, 0.05) is 15.8 Å². The normalized spacial score (nSPS) is 12.6. The fraction of sp³-hybridized carbons (Fsp3) is 0.375. The van der Waals surface area contributed by atoms with Crippen LogP contribution in [-0.2, 0) is 6.42 Å². The molecule has 1 unspecified atom stereocenters. The van der Waals surface area contributed by atoms with Gasteiger partial charge in [0.05, 0.1) is 0 Å². The molecule has 18 heavy (non-hydrogen) atoms. The maximum atomic E-state index is 3.44. The molecule has 0 bridgehead atoms. The fourth-order valence-electron chi connectivity index (χ4n) is 2.16. The third-order valence-electron chi connectivity index (χ3n) is 3.44. The first-order chi connectivity index (χ1) is 8.70. The summed E-state index contributed by atoms with van der Waals surface area (Å²) in [7, 11) is 2.06. The van der Waals surface area contributed by atoms with Gasteiger partial charge in [-0.3, -0.25) is 0 Å². The Labute approximate surface area is 114 Å². The van der Waals surface area contributed by atoms with E-state index in [1.807, 2.05) is 11.3 Å². The molecule has 0 aliphatic rings. The van der Waals surface area contributed by atoms with Crippen molar-refractivity contribution in [2.45, 2.75) is 32.7 Å². The third-order valence-corrected chi connectivity index (χ3v) is 4.71. The van der Waals surface area contributed by atoms with Gasteiger partial charge in [-0.05, 0) is 50.9 Å². The zero-order valence-electron chi connectivity index (χ0n) is 11.4. The molecule has 1 nitrogen and oxygen atoms in total. The Bertz CT molecular complexity index is 468. The van der Waals surface area contributed by atoms with Crippen LogP contribution < -0.4 is 5.32 Å². The molecule has 2 heteroatoms. The quantitative estimate of drug-likeness (QED) is 0.846. The average Bonchev–Trinajstić information content (AvgIpc) is 2.71. The molecule has 0 aliphatic carbocycles. The standard InChI is InChI=1S/C16H21NS/c1-12-11-16(18-13(12)2)15(17-3)10-9-14-7-5-4-6-8-14/h4-8,11,15,17H,9-10H2,1-3H3. The van der Waals surface area contributed by atoms with Gasteiger partial charge in [-0.2, -0.15) is 0 Å². The molecule has 0 aliphatic heterocycles. The van der Waals surface area contributed by atoms with Gasteiger partial charge in [0.2, 0.25) is 0 Å². The smallest absolute Gasteiger partial charge is 0.0415 e. The molecule has 0 saturated heterocycles. The number of benzene rings is 1. The van der Waals surface area contributed by atoms with E-state index in [9.17, 15) is 0 Å². The van der Waals surface area contributed by atoms with Crippen LogP contribution in [0, 0.1) is 13.8 Å². The summed E-state index contributed by atoms with van der Waals surface area (Å²) in [6, 6.07) is 13.5. The van der Waals surface area contributed by atoms with Gasteiger partial charge < -0.3 is 5.32 Å². The van der Waals surface area contributed by atoms with Crippen molar-refractivity contribution in [3.05, 3.63) is 57.3 Å². The summed E-state index contributed by atoms with van der Waals surface area (Å²) in [5.74, 6) is 0. The molecular formula is C16H21NS. The van der Waals surface area contributed by atoms with E-state index in [2.05, 4.69) is 62.6 Å². The van der Waals surface area contributed by atoms with Crippen molar-refractivity contribution in [3.63, 3.8) is 0 Å². The summed E-state index contributed by atoms with van der Waals surface area (Å²) in [4.78, 5) is 2.90. The van der Waals surface area contributed by atoms with Crippen molar-refractivity contribution < 1.29 is 0 Å². The minimum absolute atomic E-state index is 0.475. The van der Waals surface area contributed by atoms with Crippen LogP contribution in [-0.4, -0.2) is 7.05 Å². The van der Waals surface area contributed by atoms with Crippen molar-refractivity contribution in [3.8, 4) is 0 Å². The van der Waals surface area contributed by atoms with Crippen molar-refractivity contribution in [1.82, 2.24) is 5.32 Å². The highest BCUT2D eigenvalue weighted by molar-refractivity contribution is 7.12. The number of rotatable bonds is 5. The van der Waals surface area contributed by atoms with Gasteiger partial charge in [0.15, 0.2) is 0 Å². The lowest BCUT2D eigenvalue weighted by atomic mass is 10.0. The Balaban J connectivity index is 2.02. The predicted molar refractivity (Wildman–Crippen MR) is 80.4 cm³/mol. The Morgan fingerprint density at radius 1 is 1.17 bits per heavy atom. The SMILES string of the molecule is CNC(CCc1ccccc1)c1cc(C)c(C)s1. The molecule has 1 aromatic heterocycles. The van der Waals surface area contributed by atoms with Crippen LogP contribution in [0.1, 0.15) is 33.3 Å². The van der Waals surface area contributed by atoms with Crippen LogP contribution in [0.2, 0.25) is 0 Å². The Morgan fingerprint density at radius 3 is 2.44 bits per heavy atom. The number of thiophene rings is 1. The fourth-order valence-corrected chi connectivity index (χ4v) is 3.35. The molecule has 0 spiro atoms. The highest BCUT2D eigenvalue weighted by Gasteiger charge is 2.12. The Morgan fingerprint density at radius 2 is 1.89 bits per heavy atom. The van der Waals surface area contributed by atoms with E-state index in [4.69, 9.17) is 0 Å². The van der Waals surface area contributed by atoms with Crippen molar-refractivity contribution >= 4 is 11.3 Å². The van der Waals surface area contributed by atoms with Crippen molar-refractivity contribution in [2.75, 3.05) is 7.05 Å². The molecule has 2 rings (SSSR count). The molecule has 1 atom stereocenters. The maximum absolute atomic E-state index is 3.44. The number of hydrogen-bond donors (Lipinski definition) is 1. The summed E-state index contributed by atoms with van der Waals surface area (Å²) < 4.78 is 0. The van der Waals surface area contributed by atoms with Crippen LogP contribution in [0.5, 0.6) is 0 Å². The second-order valence-electron chi connectivity index (χ2n) is 4.75. The van der Waals surface area contributed by atoms with E-state index >= 15 is 0 Å². The molecule has 1 heterocycles. The second-order valence-corrected chi connectivity index (χ2v) is 6.04. The summed E-state index contributed by atoms with van der Waals surface area (Å²) in [6.07, 6.45) is 2.28. The van der Waals surface area contributed by atoms with Gasteiger partial charge in [-0.15, -0.1) is 11.3 Å². The van der Waals surface area contributed by atoms with Gasteiger partial charge >= 0.3 is 0 Å². The molecule has 0 saturated carbocycles. The van der Waals surface area contributed by atoms with Crippen molar-refractivity contribution in [2.24, 2.45) is 0 Å². The lowest BCUT2D eigenvalue weighted by molar-refractivity contribution is 0.558. The molecule has 0 amide bonds. The summed E-state index contributed by atoms with van der Waals surface area (Å²) in [5.41, 5.74) is 2.83. The van der Waals surface area contributed by atoms with Crippen LogP contribution in [0.3, 0.4) is 0 Å². The highest BCUT2D eigenvalue weighted by Crippen LogP contribution is 2.28. The lowest BCUT2D eigenvalue weighted by Gasteiger charge is -2.14. The number of aryl methyl sites for hydroxylation is 3. The van der Waals surface area contributed by atoms with Crippen LogP contribution >= 0.6 is 11.3 Å². The number of hydrogen-bond acceptors (Lipinski definition) is 2. The van der Waals surface area contributed by atoms with Gasteiger partial charge in [0.25, 0.3) is 0 Å². The largest absolute Gasteiger partial charge is 0.312 e. The van der Waals surface area contributed by atoms with E-state index in [-0.39, 0.29) is 0 Å². The van der Waals surface area contributed by atoms with Crippen molar-refractivity contribution in [1.29, 1.82) is 0 Å². The summed E-state index contributed by atoms with van der Waals surface area (Å²) in [6.45, 7) is 4.40. The molecule has 1 aromatic carbocycles. The number of nitrogens with one attached hydrogen (secondary N) is 1. The third kappa shape index (κ3) is 3.21. The van der Waals surface area contributed by atoms with E-state index < -0.39 is 0 Å². The Hall–Kier alpha value is -1.12. The first-order valence-electron chi connectivity index (χ1n) is 6.49. The van der Waals surface area contributed by atoms with E-state index in [0.29, 0.717) is 6.04 Å². The molecule has 1 N–H and O–H groups in total. The van der Waals surface area contributed by atoms with Crippen LogP contribution in [0.4, 0.5) is 0 Å².